The summed E-state index contributed by atoms with van der Waals surface area (Å²) in [6.07, 6.45) is 6.75. The standard InChI is InChI=1S/C10H10N4O2/c15-7-2-1-6(3-7)14-5-13-8-9(14)11-4-12-10(8)16/h1-2,4-7,15H,3H2,(H,11,12,16). The molecule has 2 N–H and O–H groups in total. The van der Waals surface area contributed by atoms with Crippen molar-refractivity contribution in [3.8, 4) is 0 Å². The number of imidazole rings is 1. The molecule has 1 aliphatic carbocycles. The topological polar surface area (TPSA) is 83.8 Å². The van der Waals surface area contributed by atoms with Crippen LogP contribution in [0.5, 0.6) is 0 Å². The van der Waals surface area contributed by atoms with Gasteiger partial charge in [0.05, 0.1) is 24.8 Å². The molecular formula is C10H10N4O2. The van der Waals surface area contributed by atoms with Crippen LogP contribution >= 0.6 is 0 Å². The Hall–Kier alpha value is -1.95. The average molecular weight is 218 g/mol. The predicted molar refractivity (Wildman–Crippen MR) is 56.9 cm³/mol. The molecule has 2 atom stereocenters. The minimum atomic E-state index is -0.426. The number of aromatic amines is 1. The van der Waals surface area contributed by atoms with E-state index in [9.17, 15) is 9.90 Å². The summed E-state index contributed by atoms with van der Waals surface area (Å²) in [5, 5.41) is 9.42. The van der Waals surface area contributed by atoms with Gasteiger partial charge in [-0.05, 0) is 0 Å². The molecule has 0 bridgehead atoms. The minimum absolute atomic E-state index is 0.0225. The molecule has 3 rings (SSSR count). The van der Waals surface area contributed by atoms with Gasteiger partial charge in [-0.2, -0.15) is 0 Å². The molecule has 0 spiro atoms. The maximum absolute atomic E-state index is 11.4. The van der Waals surface area contributed by atoms with Crippen molar-refractivity contribution < 1.29 is 5.11 Å². The highest BCUT2D eigenvalue weighted by Gasteiger charge is 2.20. The van der Waals surface area contributed by atoms with Crippen LogP contribution in [0.1, 0.15) is 12.5 Å². The van der Waals surface area contributed by atoms with Crippen LogP contribution in [0.15, 0.2) is 29.6 Å². The molecule has 2 aromatic rings. The van der Waals surface area contributed by atoms with Crippen LogP contribution in [0.25, 0.3) is 11.2 Å². The lowest BCUT2D eigenvalue weighted by Crippen LogP contribution is -2.10. The Balaban J connectivity index is 2.15. The van der Waals surface area contributed by atoms with E-state index in [1.807, 2.05) is 6.08 Å². The van der Waals surface area contributed by atoms with Crippen LogP contribution in [0.2, 0.25) is 0 Å². The summed E-state index contributed by atoms with van der Waals surface area (Å²) in [6.45, 7) is 0. The summed E-state index contributed by atoms with van der Waals surface area (Å²) in [7, 11) is 0. The van der Waals surface area contributed by atoms with E-state index in [1.54, 1.807) is 17.0 Å². The fourth-order valence-electron chi connectivity index (χ4n) is 1.97. The van der Waals surface area contributed by atoms with E-state index in [1.165, 1.54) is 6.33 Å². The summed E-state index contributed by atoms with van der Waals surface area (Å²) in [4.78, 5) is 22.0. The number of aliphatic hydroxyl groups excluding tert-OH is 1. The van der Waals surface area contributed by atoms with Crippen molar-refractivity contribution in [1.82, 2.24) is 19.5 Å². The number of nitrogens with zero attached hydrogens (tertiary/aromatic N) is 3. The maximum atomic E-state index is 11.4. The highest BCUT2D eigenvalue weighted by Crippen LogP contribution is 2.24. The van der Waals surface area contributed by atoms with Gasteiger partial charge in [-0.25, -0.2) is 9.97 Å². The molecule has 0 radical (unpaired) electrons. The smallest absolute Gasteiger partial charge is 0.278 e. The second-order valence-electron chi connectivity index (χ2n) is 3.81. The van der Waals surface area contributed by atoms with Crippen LogP contribution in [-0.4, -0.2) is 30.7 Å². The molecule has 2 heterocycles. The molecule has 82 valence electrons. The van der Waals surface area contributed by atoms with Crippen molar-refractivity contribution in [1.29, 1.82) is 0 Å². The Bertz CT molecular complexity index is 613. The normalized spacial score (nSPS) is 24.3. The number of nitrogens with one attached hydrogen (secondary N) is 1. The van der Waals surface area contributed by atoms with E-state index >= 15 is 0 Å². The van der Waals surface area contributed by atoms with Crippen molar-refractivity contribution in [2.24, 2.45) is 0 Å². The highest BCUT2D eigenvalue weighted by atomic mass is 16.3. The Labute approximate surface area is 90.3 Å². The Morgan fingerprint density at radius 3 is 3.06 bits per heavy atom. The van der Waals surface area contributed by atoms with E-state index in [4.69, 9.17) is 0 Å². The third-order valence-corrected chi connectivity index (χ3v) is 2.76. The zero-order valence-electron chi connectivity index (χ0n) is 8.37. The number of rotatable bonds is 1. The fourth-order valence-corrected chi connectivity index (χ4v) is 1.97. The first kappa shape index (κ1) is 9.29. The van der Waals surface area contributed by atoms with Gasteiger partial charge in [0, 0.05) is 6.42 Å². The number of hydrogen-bond donors (Lipinski definition) is 2. The highest BCUT2D eigenvalue weighted by molar-refractivity contribution is 5.69. The summed E-state index contributed by atoms with van der Waals surface area (Å²) in [5.74, 6) is 0. The number of allylic oxidation sites excluding steroid dienone is 1. The van der Waals surface area contributed by atoms with E-state index in [0.717, 1.165) is 0 Å². The number of aromatic nitrogens is 4. The first-order chi connectivity index (χ1) is 7.75. The van der Waals surface area contributed by atoms with E-state index in [-0.39, 0.29) is 11.6 Å². The third-order valence-electron chi connectivity index (χ3n) is 2.76. The van der Waals surface area contributed by atoms with Gasteiger partial charge in [-0.3, -0.25) is 4.79 Å². The first-order valence-corrected chi connectivity index (χ1v) is 5.02. The van der Waals surface area contributed by atoms with E-state index in [2.05, 4.69) is 15.0 Å². The number of fused-ring (bicyclic) bond motifs is 1. The summed E-state index contributed by atoms with van der Waals surface area (Å²) >= 11 is 0. The van der Waals surface area contributed by atoms with Gasteiger partial charge >= 0.3 is 0 Å². The second kappa shape index (κ2) is 3.28. The zero-order valence-corrected chi connectivity index (χ0v) is 8.37. The van der Waals surface area contributed by atoms with E-state index < -0.39 is 6.10 Å². The summed E-state index contributed by atoms with van der Waals surface area (Å²) in [5.41, 5.74) is 0.635. The van der Waals surface area contributed by atoms with Crippen molar-refractivity contribution in [3.63, 3.8) is 0 Å². The van der Waals surface area contributed by atoms with Crippen LogP contribution in [0.4, 0.5) is 0 Å². The van der Waals surface area contributed by atoms with Crippen molar-refractivity contribution in [2.45, 2.75) is 18.6 Å². The molecule has 2 aromatic heterocycles. The molecule has 16 heavy (non-hydrogen) atoms. The molecule has 0 aromatic carbocycles. The van der Waals surface area contributed by atoms with Crippen LogP contribution in [0, 0.1) is 0 Å². The molecule has 0 aliphatic heterocycles. The maximum Gasteiger partial charge on any atom is 0.278 e. The van der Waals surface area contributed by atoms with Gasteiger partial charge in [0.25, 0.3) is 5.56 Å². The fraction of sp³-hybridized carbons (Fsp3) is 0.300. The van der Waals surface area contributed by atoms with Gasteiger partial charge in [0.1, 0.15) is 0 Å². The van der Waals surface area contributed by atoms with Gasteiger partial charge in [0.15, 0.2) is 11.2 Å². The molecule has 2 unspecified atom stereocenters. The van der Waals surface area contributed by atoms with E-state index in [0.29, 0.717) is 17.6 Å². The monoisotopic (exact) mass is 218 g/mol. The predicted octanol–water partition coefficient (Wildman–Crippen LogP) is -0.0185. The Kier molecular flexibility index (Phi) is 1.90. The second-order valence-corrected chi connectivity index (χ2v) is 3.81. The van der Waals surface area contributed by atoms with Gasteiger partial charge in [0.2, 0.25) is 0 Å². The van der Waals surface area contributed by atoms with Gasteiger partial charge in [-0.15, -0.1) is 0 Å². The van der Waals surface area contributed by atoms with Crippen molar-refractivity contribution >= 4 is 11.2 Å². The van der Waals surface area contributed by atoms with Crippen LogP contribution in [0.3, 0.4) is 0 Å². The lowest BCUT2D eigenvalue weighted by atomic mass is 10.2. The molecule has 0 saturated heterocycles. The molecule has 0 fully saturated rings. The number of aliphatic hydroxyl groups is 1. The molecule has 0 amide bonds. The molecule has 6 nitrogen and oxygen atoms in total. The van der Waals surface area contributed by atoms with Crippen molar-refractivity contribution in [2.75, 3.05) is 0 Å². The number of H-pyrrole nitrogens is 1. The van der Waals surface area contributed by atoms with Crippen molar-refractivity contribution in [3.05, 3.63) is 35.2 Å². The summed E-state index contributed by atoms with van der Waals surface area (Å²) < 4.78 is 1.80. The lowest BCUT2D eigenvalue weighted by molar-refractivity contribution is 0.211. The van der Waals surface area contributed by atoms with Crippen LogP contribution in [-0.2, 0) is 0 Å². The quantitative estimate of drug-likeness (QED) is 0.659. The SMILES string of the molecule is O=c1[nH]cnc2c1ncn2C1C=CC(O)C1. The average Bonchev–Trinajstić information content (AvgIpc) is 2.84. The largest absolute Gasteiger partial charge is 0.389 e. The molecular weight excluding hydrogens is 208 g/mol. The third kappa shape index (κ3) is 1.27. The number of hydrogen-bond acceptors (Lipinski definition) is 4. The molecule has 6 heteroatoms. The van der Waals surface area contributed by atoms with Gasteiger partial charge < -0.3 is 14.7 Å². The minimum Gasteiger partial charge on any atom is -0.389 e. The lowest BCUT2D eigenvalue weighted by Gasteiger charge is -2.10. The Morgan fingerprint density at radius 2 is 2.31 bits per heavy atom. The molecule has 0 saturated carbocycles. The zero-order chi connectivity index (χ0) is 11.1. The Morgan fingerprint density at radius 1 is 1.44 bits per heavy atom. The van der Waals surface area contributed by atoms with Crippen LogP contribution < -0.4 is 5.56 Å². The first-order valence-electron chi connectivity index (χ1n) is 5.02. The van der Waals surface area contributed by atoms with Gasteiger partial charge in [-0.1, -0.05) is 12.2 Å². The molecule has 1 aliphatic rings. The summed E-state index contributed by atoms with van der Waals surface area (Å²) in [6, 6.07) is 0.0225.